The summed E-state index contributed by atoms with van der Waals surface area (Å²) >= 11 is 0. The highest BCUT2D eigenvalue weighted by atomic mass is 16.5. The van der Waals surface area contributed by atoms with E-state index in [2.05, 4.69) is 25.1 Å². The van der Waals surface area contributed by atoms with E-state index < -0.39 is 0 Å². The normalized spacial score (nSPS) is 10.9. The van der Waals surface area contributed by atoms with E-state index in [0.29, 0.717) is 13.2 Å². The van der Waals surface area contributed by atoms with Crippen LogP contribution in [0.2, 0.25) is 0 Å². The van der Waals surface area contributed by atoms with Crippen molar-refractivity contribution in [2.24, 2.45) is 0 Å². The molecule has 2 N–H and O–H groups in total. The lowest BCUT2D eigenvalue weighted by Gasteiger charge is -2.07. The van der Waals surface area contributed by atoms with Gasteiger partial charge in [0.1, 0.15) is 36.1 Å². The maximum Gasteiger partial charge on any atom is 0.146 e. The Kier molecular flexibility index (Phi) is 4.77. The Balaban J connectivity index is 1.24. The number of nitrogens with zero attached hydrogens (tertiary/aromatic N) is 3. The van der Waals surface area contributed by atoms with Gasteiger partial charge >= 0.3 is 0 Å². The van der Waals surface area contributed by atoms with Crippen molar-refractivity contribution in [3.63, 3.8) is 0 Å². The molecule has 4 rings (SSSR count). The van der Waals surface area contributed by atoms with Crippen molar-refractivity contribution < 1.29 is 9.47 Å². The lowest BCUT2D eigenvalue weighted by Crippen LogP contribution is -2.01. The zero-order valence-corrected chi connectivity index (χ0v) is 14.2. The highest BCUT2D eigenvalue weighted by molar-refractivity contribution is 5.74. The average Bonchev–Trinajstić information content (AvgIpc) is 3.33. The lowest BCUT2D eigenvalue weighted by atomic mass is 10.3. The Bertz CT molecular complexity index is 915. The van der Waals surface area contributed by atoms with Crippen molar-refractivity contribution in [3.05, 3.63) is 66.5 Å². The molecule has 0 atom stereocenters. The fourth-order valence-corrected chi connectivity index (χ4v) is 2.64. The number of fused-ring (bicyclic) bond motifs is 1. The first-order valence-electron chi connectivity index (χ1n) is 8.50. The van der Waals surface area contributed by atoms with Gasteiger partial charge in [-0.2, -0.15) is 5.10 Å². The van der Waals surface area contributed by atoms with Gasteiger partial charge in [0, 0.05) is 6.42 Å². The zero-order chi connectivity index (χ0) is 17.6. The van der Waals surface area contributed by atoms with Gasteiger partial charge in [-0.05, 0) is 42.8 Å². The fourth-order valence-electron chi connectivity index (χ4n) is 2.64. The van der Waals surface area contributed by atoms with E-state index in [1.165, 1.54) is 6.33 Å². The number of hydrogen-bond acceptors (Lipinski definition) is 5. The van der Waals surface area contributed by atoms with Crippen molar-refractivity contribution in [2.45, 2.75) is 19.4 Å². The van der Waals surface area contributed by atoms with E-state index >= 15 is 0 Å². The minimum atomic E-state index is 0.395. The first kappa shape index (κ1) is 16.1. The van der Waals surface area contributed by atoms with Crippen LogP contribution in [0.4, 0.5) is 0 Å². The molecule has 0 aliphatic carbocycles. The second-order valence-electron chi connectivity index (χ2n) is 5.84. The van der Waals surface area contributed by atoms with Crippen LogP contribution in [0, 0.1) is 0 Å². The first-order valence-corrected chi connectivity index (χ1v) is 8.50. The molecule has 2 aromatic carbocycles. The predicted molar refractivity (Wildman–Crippen MR) is 97.1 cm³/mol. The Morgan fingerprint density at radius 2 is 1.69 bits per heavy atom. The van der Waals surface area contributed by atoms with Gasteiger partial charge in [-0.15, -0.1) is 0 Å². The number of para-hydroxylation sites is 2. The molecule has 0 saturated heterocycles. The van der Waals surface area contributed by atoms with Crippen molar-refractivity contribution in [1.29, 1.82) is 0 Å². The molecule has 4 aromatic rings. The molecule has 0 fully saturated rings. The van der Waals surface area contributed by atoms with Crippen LogP contribution in [0.25, 0.3) is 11.0 Å². The summed E-state index contributed by atoms with van der Waals surface area (Å²) in [5.41, 5.74) is 1.96. The summed E-state index contributed by atoms with van der Waals surface area (Å²) < 4.78 is 11.5. The van der Waals surface area contributed by atoms with Gasteiger partial charge in [-0.3, -0.25) is 5.10 Å². The molecular weight excluding hydrogens is 330 g/mol. The number of imidazole rings is 1. The number of aromatic nitrogens is 5. The van der Waals surface area contributed by atoms with Crippen molar-refractivity contribution in [3.8, 4) is 11.5 Å². The predicted octanol–water partition coefficient (Wildman–Crippen LogP) is 3.27. The summed E-state index contributed by atoms with van der Waals surface area (Å²) in [4.78, 5) is 11.8. The SMILES string of the molecule is c1ccc2[nH]c(COc3ccc(OCCCc4ncn[nH]4)cc3)nc2c1. The number of rotatable bonds is 8. The zero-order valence-electron chi connectivity index (χ0n) is 14.2. The molecule has 0 aliphatic rings. The third kappa shape index (κ3) is 4.00. The topological polar surface area (TPSA) is 88.7 Å². The molecular formula is C19H19N5O2. The molecule has 0 bridgehead atoms. The maximum atomic E-state index is 5.78. The van der Waals surface area contributed by atoms with E-state index in [4.69, 9.17) is 9.47 Å². The Morgan fingerprint density at radius 1 is 0.885 bits per heavy atom. The number of hydrogen-bond donors (Lipinski definition) is 2. The molecule has 7 nitrogen and oxygen atoms in total. The monoisotopic (exact) mass is 349 g/mol. The number of H-pyrrole nitrogens is 2. The Labute approximate surface area is 150 Å². The third-order valence-electron chi connectivity index (χ3n) is 3.93. The van der Waals surface area contributed by atoms with Crippen LogP contribution < -0.4 is 9.47 Å². The summed E-state index contributed by atoms with van der Waals surface area (Å²) in [7, 11) is 0. The summed E-state index contributed by atoms with van der Waals surface area (Å²) in [6.45, 7) is 1.02. The van der Waals surface area contributed by atoms with Crippen LogP contribution in [0.1, 0.15) is 18.1 Å². The number of aromatic amines is 2. The number of benzene rings is 2. The van der Waals surface area contributed by atoms with Crippen LogP contribution in [-0.4, -0.2) is 31.8 Å². The summed E-state index contributed by atoms with van der Waals surface area (Å²) in [6.07, 6.45) is 3.21. The van der Waals surface area contributed by atoms with E-state index in [0.717, 1.165) is 47.0 Å². The van der Waals surface area contributed by atoms with Crippen LogP contribution in [-0.2, 0) is 13.0 Å². The molecule has 0 radical (unpaired) electrons. The van der Waals surface area contributed by atoms with Crippen LogP contribution in [0.5, 0.6) is 11.5 Å². The second-order valence-corrected chi connectivity index (χ2v) is 5.84. The molecule has 0 unspecified atom stereocenters. The summed E-state index contributed by atoms with van der Waals surface area (Å²) in [5.74, 6) is 3.28. The quantitative estimate of drug-likeness (QED) is 0.477. The minimum absolute atomic E-state index is 0.395. The van der Waals surface area contributed by atoms with Gasteiger partial charge in [-0.25, -0.2) is 9.97 Å². The van der Waals surface area contributed by atoms with Gasteiger partial charge < -0.3 is 14.5 Å². The van der Waals surface area contributed by atoms with Crippen LogP contribution in [0.3, 0.4) is 0 Å². The molecule has 0 saturated carbocycles. The van der Waals surface area contributed by atoms with Gasteiger partial charge in [0.15, 0.2) is 0 Å². The fraction of sp³-hybridized carbons (Fsp3) is 0.211. The van der Waals surface area contributed by atoms with Crippen LogP contribution in [0.15, 0.2) is 54.9 Å². The lowest BCUT2D eigenvalue weighted by molar-refractivity contribution is 0.293. The third-order valence-corrected chi connectivity index (χ3v) is 3.93. The standard InChI is InChI=1S/C19H19N5O2/c1-2-5-17-16(4-1)22-19(23-17)12-26-15-9-7-14(8-10-15)25-11-3-6-18-20-13-21-24-18/h1-2,4-5,7-10,13H,3,6,11-12H2,(H,22,23)(H,20,21,24). The molecule has 26 heavy (non-hydrogen) atoms. The molecule has 132 valence electrons. The van der Waals surface area contributed by atoms with Gasteiger partial charge in [-0.1, -0.05) is 12.1 Å². The number of ether oxygens (including phenoxy) is 2. The molecule has 2 heterocycles. The van der Waals surface area contributed by atoms with Crippen molar-refractivity contribution in [2.75, 3.05) is 6.61 Å². The number of nitrogens with one attached hydrogen (secondary N) is 2. The summed E-state index contributed by atoms with van der Waals surface area (Å²) in [5, 5.41) is 6.66. The highest BCUT2D eigenvalue weighted by Crippen LogP contribution is 2.19. The second kappa shape index (κ2) is 7.69. The number of aryl methyl sites for hydroxylation is 1. The molecule has 0 amide bonds. The van der Waals surface area contributed by atoms with Gasteiger partial charge in [0.05, 0.1) is 17.6 Å². The van der Waals surface area contributed by atoms with Gasteiger partial charge in [0.2, 0.25) is 0 Å². The Morgan fingerprint density at radius 3 is 2.46 bits per heavy atom. The maximum absolute atomic E-state index is 5.78. The highest BCUT2D eigenvalue weighted by Gasteiger charge is 2.03. The Hall–Kier alpha value is -3.35. The van der Waals surface area contributed by atoms with E-state index in [1.807, 2.05) is 48.5 Å². The largest absolute Gasteiger partial charge is 0.494 e. The molecule has 2 aromatic heterocycles. The molecule has 7 heteroatoms. The van der Waals surface area contributed by atoms with Gasteiger partial charge in [0.25, 0.3) is 0 Å². The van der Waals surface area contributed by atoms with Crippen molar-refractivity contribution in [1.82, 2.24) is 25.1 Å². The first-order chi connectivity index (χ1) is 12.9. The van der Waals surface area contributed by atoms with E-state index in [9.17, 15) is 0 Å². The molecule has 0 spiro atoms. The van der Waals surface area contributed by atoms with E-state index in [-0.39, 0.29) is 0 Å². The van der Waals surface area contributed by atoms with Crippen LogP contribution >= 0.6 is 0 Å². The van der Waals surface area contributed by atoms with Crippen molar-refractivity contribution >= 4 is 11.0 Å². The summed E-state index contributed by atoms with van der Waals surface area (Å²) in [6, 6.07) is 15.5. The average molecular weight is 349 g/mol. The smallest absolute Gasteiger partial charge is 0.146 e. The van der Waals surface area contributed by atoms with E-state index in [1.54, 1.807) is 0 Å². The minimum Gasteiger partial charge on any atom is -0.494 e. The molecule has 0 aliphatic heterocycles.